The third kappa shape index (κ3) is 4.53. The molecule has 3 nitrogen and oxygen atoms in total. The number of rotatable bonds is 5. The summed E-state index contributed by atoms with van der Waals surface area (Å²) >= 11 is 0. The van der Waals surface area contributed by atoms with Gasteiger partial charge >= 0.3 is 0 Å². The van der Waals surface area contributed by atoms with Crippen molar-refractivity contribution in [2.24, 2.45) is 11.8 Å². The fourth-order valence-electron chi connectivity index (χ4n) is 3.07. The zero-order valence-electron chi connectivity index (χ0n) is 12.9. The van der Waals surface area contributed by atoms with Crippen LogP contribution >= 0.6 is 0 Å². The zero-order valence-corrected chi connectivity index (χ0v) is 12.9. The summed E-state index contributed by atoms with van der Waals surface area (Å²) in [6.45, 7) is 5.33. The summed E-state index contributed by atoms with van der Waals surface area (Å²) in [6.07, 6.45) is 3.52. The molecule has 2 rings (SSSR count). The van der Waals surface area contributed by atoms with Crippen LogP contribution in [0.15, 0.2) is 24.3 Å². The summed E-state index contributed by atoms with van der Waals surface area (Å²) in [4.78, 5) is 12.0. The fourth-order valence-corrected chi connectivity index (χ4v) is 3.07. The van der Waals surface area contributed by atoms with Crippen LogP contribution in [-0.4, -0.2) is 18.5 Å². The minimum atomic E-state index is -0.205. The van der Waals surface area contributed by atoms with Crippen molar-refractivity contribution in [3.05, 3.63) is 35.6 Å². The van der Waals surface area contributed by atoms with Gasteiger partial charge in [-0.3, -0.25) is 4.79 Å². The molecule has 1 aromatic carbocycles. The highest BCUT2D eigenvalue weighted by molar-refractivity contribution is 5.77. The van der Waals surface area contributed by atoms with Crippen molar-refractivity contribution in [1.29, 1.82) is 0 Å². The number of carbonyl (C=O) groups is 1. The number of halogens is 1. The first-order valence-corrected chi connectivity index (χ1v) is 7.92. The van der Waals surface area contributed by atoms with Crippen LogP contribution in [0.1, 0.15) is 38.7 Å². The Morgan fingerprint density at radius 1 is 1.33 bits per heavy atom. The smallest absolute Gasteiger partial charge is 0.275 e. The highest BCUT2D eigenvalue weighted by Gasteiger charge is 2.28. The SMILES string of the molecule is C[C@@H]1[C@@H](C)CCC[C@H]1NC(=O)C[NH2+]Cc1ccccc1F. The third-order valence-corrected chi connectivity index (χ3v) is 4.71. The first-order chi connectivity index (χ1) is 10.1. The zero-order chi connectivity index (χ0) is 15.2. The Hall–Kier alpha value is -1.42. The molecule has 116 valence electrons. The van der Waals surface area contributed by atoms with Gasteiger partial charge in [0.25, 0.3) is 5.91 Å². The van der Waals surface area contributed by atoms with Crippen LogP contribution in [0.3, 0.4) is 0 Å². The van der Waals surface area contributed by atoms with E-state index in [1.54, 1.807) is 12.1 Å². The maximum Gasteiger partial charge on any atom is 0.275 e. The molecular weight excluding hydrogens is 267 g/mol. The second kappa shape index (κ2) is 7.55. The highest BCUT2D eigenvalue weighted by Crippen LogP contribution is 2.29. The number of nitrogens with one attached hydrogen (secondary N) is 1. The number of nitrogens with two attached hydrogens (primary N) is 1. The van der Waals surface area contributed by atoms with Crippen LogP contribution in [-0.2, 0) is 11.3 Å². The number of benzene rings is 1. The summed E-state index contributed by atoms with van der Waals surface area (Å²) in [7, 11) is 0. The maximum atomic E-state index is 13.5. The molecule has 0 saturated heterocycles. The van der Waals surface area contributed by atoms with Crippen LogP contribution in [0, 0.1) is 17.7 Å². The molecule has 1 aromatic rings. The van der Waals surface area contributed by atoms with Crippen LogP contribution in [0.5, 0.6) is 0 Å². The Balaban J connectivity index is 1.74. The predicted molar refractivity (Wildman–Crippen MR) is 81.0 cm³/mol. The van der Waals surface area contributed by atoms with Crippen molar-refractivity contribution in [2.75, 3.05) is 6.54 Å². The topological polar surface area (TPSA) is 45.7 Å². The van der Waals surface area contributed by atoms with Crippen LogP contribution in [0.4, 0.5) is 4.39 Å². The van der Waals surface area contributed by atoms with E-state index >= 15 is 0 Å². The summed E-state index contributed by atoms with van der Waals surface area (Å²) in [5.74, 6) is 1.06. The Morgan fingerprint density at radius 2 is 2.10 bits per heavy atom. The maximum absolute atomic E-state index is 13.5. The lowest BCUT2D eigenvalue weighted by Crippen LogP contribution is -2.85. The number of hydrogen-bond acceptors (Lipinski definition) is 1. The molecule has 0 aromatic heterocycles. The van der Waals surface area contributed by atoms with Crippen LogP contribution < -0.4 is 10.6 Å². The van der Waals surface area contributed by atoms with Gasteiger partial charge in [0.15, 0.2) is 6.54 Å². The van der Waals surface area contributed by atoms with E-state index in [0.717, 1.165) is 6.42 Å². The van der Waals surface area contributed by atoms with Gasteiger partial charge in [0, 0.05) is 11.6 Å². The van der Waals surface area contributed by atoms with Gasteiger partial charge in [0.2, 0.25) is 0 Å². The molecule has 4 heteroatoms. The van der Waals surface area contributed by atoms with E-state index in [1.807, 2.05) is 11.4 Å². The Morgan fingerprint density at radius 3 is 2.86 bits per heavy atom. The Labute approximate surface area is 126 Å². The molecule has 1 amide bonds. The molecule has 0 radical (unpaired) electrons. The van der Waals surface area contributed by atoms with E-state index in [-0.39, 0.29) is 11.7 Å². The third-order valence-electron chi connectivity index (χ3n) is 4.71. The fraction of sp³-hybridized carbons (Fsp3) is 0.588. The molecule has 3 atom stereocenters. The number of hydrogen-bond donors (Lipinski definition) is 2. The van der Waals surface area contributed by atoms with Crippen molar-refractivity contribution in [2.45, 2.75) is 45.7 Å². The molecule has 1 aliphatic carbocycles. The van der Waals surface area contributed by atoms with Crippen LogP contribution in [0.25, 0.3) is 0 Å². The number of quaternary nitrogens is 1. The molecule has 1 aliphatic rings. The summed E-state index contributed by atoms with van der Waals surface area (Å²) < 4.78 is 13.5. The van der Waals surface area contributed by atoms with Gasteiger partial charge in [-0.15, -0.1) is 0 Å². The Bertz CT molecular complexity index is 478. The van der Waals surface area contributed by atoms with E-state index < -0.39 is 0 Å². The molecule has 0 bridgehead atoms. The van der Waals surface area contributed by atoms with E-state index in [9.17, 15) is 9.18 Å². The van der Waals surface area contributed by atoms with Crippen molar-refractivity contribution < 1.29 is 14.5 Å². The van der Waals surface area contributed by atoms with E-state index in [1.165, 1.54) is 18.9 Å². The molecule has 0 heterocycles. The molecule has 0 aliphatic heterocycles. The number of carbonyl (C=O) groups excluding carboxylic acids is 1. The number of amides is 1. The van der Waals surface area contributed by atoms with E-state index in [4.69, 9.17) is 0 Å². The molecule has 1 fully saturated rings. The van der Waals surface area contributed by atoms with Gasteiger partial charge in [0.05, 0.1) is 0 Å². The lowest BCUT2D eigenvalue weighted by molar-refractivity contribution is -0.660. The van der Waals surface area contributed by atoms with Gasteiger partial charge < -0.3 is 10.6 Å². The standard InChI is InChI=1S/C17H25FN2O/c1-12-6-5-9-16(13(12)2)20-17(21)11-19-10-14-7-3-4-8-15(14)18/h3-4,7-8,12-13,16,19H,5-6,9-11H2,1-2H3,(H,20,21)/p+1/t12-,13+,16+/m0/s1. The molecule has 0 unspecified atom stereocenters. The van der Waals surface area contributed by atoms with Gasteiger partial charge in [-0.25, -0.2) is 4.39 Å². The average molecular weight is 293 g/mol. The van der Waals surface area contributed by atoms with Crippen LogP contribution in [0.2, 0.25) is 0 Å². The largest absolute Gasteiger partial charge is 0.348 e. The summed E-state index contributed by atoms with van der Waals surface area (Å²) in [5.41, 5.74) is 0.643. The minimum Gasteiger partial charge on any atom is -0.348 e. The molecule has 1 saturated carbocycles. The lowest BCUT2D eigenvalue weighted by Gasteiger charge is -2.34. The average Bonchev–Trinajstić information content (AvgIpc) is 2.46. The quantitative estimate of drug-likeness (QED) is 0.855. The van der Waals surface area contributed by atoms with Crippen molar-refractivity contribution >= 4 is 5.91 Å². The molecule has 0 spiro atoms. The predicted octanol–water partition coefficient (Wildman–Crippen LogP) is 1.83. The van der Waals surface area contributed by atoms with Crippen molar-refractivity contribution in [3.8, 4) is 0 Å². The Kier molecular flexibility index (Phi) is 5.74. The second-order valence-electron chi connectivity index (χ2n) is 6.23. The van der Waals surface area contributed by atoms with E-state index in [2.05, 4.69) is 19.2 Å². The van der Waals surface area contributed by atoms with Gasteiger partial charge in [-0.2, -0.15) is 0 Å². The van der Waals surface area contributed by atoms with Gasteiger partial charge in [-0.05, 0) is 24.3 Å². The first kappa shape index (κ1) is 16.0. The first-order valence-electron chi connectivity index (χ1n) is 7.92. The van der Waals surface area contributed by atoms with Crippen molar-refractivity contribution in [3.63, 3.8) is 0 Å². The molecule has 3 N–H and O–H groups in total. The van der Waals surface area contributed by atoms with Gasteiger partial charge in [0.1, 0.15) is 12.4 Å². The van der Waals surface area contributed by atoms with Gasteiger partial charge in [-0.1, -0.05) is 44.9 Å². The summed E-state index contributed by atoms with van der Waals surface area (Å²) in [6, 6.07) is 7.00. The molecule has 21 heavy (non-hydrogen) atoms. The monoisotopic (exact) mass is 293 g/mol. The molecular formula is C17H26FN2O+. The summed E-state index contributed by atoms with van der Waals surface area (Å²) in [5, 5.41) is 4.99. The lowest BCUT2D eigenvalue weighted by atomic mass is 9.78. The second-order valence-corrected chi connectivity index (χ2v) is 6.23. The van der Waals surface area contributed by atoms with E-state index in [0.29, 0.717) is 36.5 Å². The highest BCUT2D eigenvalue weighted by atomic mass is 19.1. The minimum absolute atomic E-state index is 0.0530. The van der Waals surface area contributed by atoms with Crippen molar-refractivity contribution in [1.82, 2.24) is 5.32 Å². The normalized spacial score (nSPS) is 25.6.